The van der Waals surface area contributed by atoms with Crippen molar-refractivity contribution in [1.29, 1.82) is 0 Å². The quantitative estimate of drug-likeness (QED) is 0.687. The molecule has 21 heavy (non-hydrogen) atoms. The summed E-state index contributed by atoms with van der Waals surface area (Å²) in [6.07, 6.45) is 3.53. The third-order valence-electron chi connectivity index (χ3n) is 4.13. The van der Waals surface area contributed by atoms with E-state index in [1.165, 1.54) is 18.9 Å². The molecule has 7 heteroatoms. The molecule has 2 atom stereocenters. The van der Waals surface area contributed by atoms with Crippen LogP contribution >= 0.6 is 0 Å². The van der Waals surface area contributed by atoms with Crippen molar-refractivity contribution in [2.75, 3.05) is 11.9 Å². The molecule has 2 aliphatic rings. The highest BCUT2D eigenvalue weighted by atomic mass is 16.6. The molecule has 1 aliphatic carbocycles. The molecule has 1 saturated carbocycles. The van der Waals surface area contributed by atoms with Gasteiger partial charge in [-0.3, -0.25) is 10.1 Å². The van der Waals surface area contributed by atoms with Crippen molar-refractivity contribution in [3.63, 3.8) is 0 Å². The van der Waals surface area contributed by atoms with Gasteiger partial charge in [-0.25, -0.2) is 0 Å². The van der Waals surface area contributed by atoms with Gasteiger partial charge in [-0.15, -0.1) is 0 Å². The van der Waals surface area contributed by atoms with Crippen molar-refractivity contribution in [3.05, 3.63) is 28.3 Å². The number of anilines is 1. The van der Waals surface area contributed by atoms with Gasteiger partial charge in [0.15, 0.2) is 11.1 Å². The molecule has 2 unspecified atom stereocenters. The molecule has 1 aliphatic heterocycles. The maximum Gasteiger partial charge on any atom is 0.298 e. The predicted molar refractivity (Wildman–Crippen MR) is 75.2 cm³/mol. The fourth-order valence-corrected chi connectivity index (χ4v) is 2.96. The zero-order valence-electron chi connectivity index (χ0n) is 11.3. The van der Waals surface area contributed by atoms with Crippen LogP contribution in [0.15, 0.2) is 22.6 Å². The number of nitro benzene ring substituents is 1. The van der Waals surface area contributed by atoms with E-state index in [9.17, 15) is 10.1 Å². The second-order valence-corrected chi connectivity index (χ2v) is 5.61. The Hall–Kier alpha value is -2.15. The van der Waals surface area contributed by atoms with Crippen LogP contribution in [0.2, 0.25) is 0 Å². The van der Waals surface area contributed by atoms with Gasteiger partial charge in [0, 0.05) is 12.7 Å². The van der Waals surface area contributed by atoms with Gasteiger partial charge in [0.25, 0.3) is 11.7 Å². The molecular weight excluding hydrogens is 274 g/mol. The number of hydrogen-bond acceptors (Lipinski definition) is 6. The maximum absolute atomic E-state index is 11.0. The molecule has 2 heterocycles. The fraction of sp³-hybridized carbons (Fsp3) is 0.500. The highest BCUT2D eigenvalue weighted by Gasteiger charge is 2.41. The van der Waals surface area contributed by atoms with Crippen molar-refractivity contribution in [2.45, 2.75) is 31.4 Å². The molecule has 4 rings (SSSR count). The molecule has 0 bridgehead atoms. The topological polar surface area (TPSA) is 90.4 Å². The first-order valence-electron chi connectivity index (χ1n) is 7.14. The number of oxazole rings is 1. The average molecular weight is 289 g/mol. The van der Waals surface area contributed by atoms with E-state index in [1.807, 2.05) is 0 Å². The Morgan fingerprint density at radius 1 is 1.33 bits per heavy atom. The van der Waals surface area contributed by atoms with Crippen LogP contribution in [0.3, 0.4) is 0 Å². The maximum atomic E-state index is 11.0. The largest absolute Gasteiger partial charge is 0.423 e. The molecule has 0 spiro atoms. The Balaban J connectivity index is 1.62. The standard InChI is InChI=1S/C14H15N3O4/c18-17(19)10-2-1-3-11-12(10)16-14(21-11)15-9-6-7-20-13(9)8-4-5-8/h1-3,8-9,13H,4-7H2,(H,15,16). The van der Waals surface area contributed by atoms with E-state index in [0.29, 0.717) is 17.5 Å². The van der Waals surface area contributed by atoms with Gasteiger partial charge in [-0.05, 0) is 31.2 Å². The number of hydrogen-bond donors (Lipinski definition) is 1. The monoisotopic (exact) mass is 289 g/mol. The molecule has 1 N–H and O–H groups in total. The number of nitrogens with zero attached hydrogens (tertiary/aromatic N) is 2. The van der Waals surface area contributed by atoms with Crippen molar-refractivity contribution < 1.29 is 14.1 Å². The van der Waals surface area contributed by atoms with Gasteiger partial charge in [-0.1, -0.05) is 6.07 Å². The molecular formula is C14H15N3O4. The van der Waals surface area contributed by atoms with Crippen LogP contribution in [0, 0.1) is 16.0 Å². The molecule has 1 saturated heterocycles. The Bertz CT molecular complexity index is 695. The van der Waals surface area contributed by atoms with E-state index in [1.54, 1.807) is 12.1 Å². The molecule has 1 aromatic carbocycles. The lowest BCUT2D eigenvalue weighted by atomic mass is 10.1. The number of para-hydroxylation sites is 1. The number of nitro groups is 1. The minimum absolute atomic E-state index is 0.0364. The van der Waals surface area contributed by atoms with Gasteiger partial charge in [-0.2, -0.15) is 4.98 Å². The minimum atomic E-state index is -0.444. The second-order valence-electron chi connectivity index (χ2n) is 5.61. The van der Waals surface area contributed by atoms with Gasteiger partial charge in [0.1, 0.15) is 0 Å². The Morgan fingerprint density at radius 2 is 2.19 bits per heavy atom. The molecule has 1 aromatic heterocycles. The van der Waals surface area contributed by atoms with Crippen molar-refractivity contribution >= 4 is 22.8 Å². The average Bonchev–Trinajstić information content (AvgIpc) is 3.06. The molecule has 7 nitrogen and oxygen atoms in total. The number of aromatic nitrogens is 1. The summed E-state index contributed by atoms with van der Waals surface area (Å²) in [7, 11) is 0. The summed E-state index contributed by atoms with van der Waals surface area (Å²) in [5.41, 5.74) is 0.672. The first-order valence-corrected chi connectivity index (χ1v) is 7.14. The first-order chi connectivity index (χ1) is 10.2. The number of nitrogens with one attached hydrogen (secondary N) is 1. The van der Waals surface area contributed by atoms with Crippen LogP contribution in [0.5, 0.6) is 0 Å². The van der Waals surface area contributed by atoms with Gasteiger partial charge in [0.2, 0.25) is 0 Å². The molecule has 0 amide bonds. The van der Waals surface area contributed by atoms with Crippen LogP contribution in [-0.4, -0.2) is 28.7 Å². The number of ether oxygens (including phenoxy) is 1. The Morgan fingerprint density at radius 3 is 2.95 bits per heavy atom. The first kappa shape index (κ1) is 12.6. The van der Waals surface area contributed by atoms with Crippen LogP contribution in [0.4, 0.5) is 11.7 Å². The summed E-state index contributed by atoms with van der Waals surface area (Å²) in [4.78, 5) is 14.8. The Kier molecular flexibility index (Phi) is 2.81. The third-order valence-corrected chi connectivity index (χ3v) is 4.13. The van der Waals surface area contributed by atoms with E-state index in [2.05, 4.69) is 10.3 Å². The third kappa shape index (κ3) is 2.23. The van der Waals surface area contributed by atoms with Crippen LogP contribution < -0.4 is 5.32 Å². The van der Waals surface area contributed by atoms with Crippen LogP contribution in [0.1, 0.15) is 19.3 Å². The summed E-state index contributed by atoms with van der Waals surface area (Å²) in [6.45, 7) is 0.735. The van der Waals surface area contributed by atoms with E-state index >= 15 is 0 Å². The number of fused-ring (bicyclic) bond motifs is 1. The number of rotatable bonds is 4. The minimum Gasteiger partial charge on any atom is -0.423 e. The number of non-ortho nitro benzene ring substituents is 1. The summed E-state index contributed by atoms with van der Waals surface area (Å²) < 4.78 is 11.3. The predicted octanol–water partition coefficient (Wildman–Crippen LogP) is 2.72. The van der Waals surface area contributed by atoms with E-state index in [4.69, 9.17) is 9.15 Å². The van der Waals surface area contributed by atoms with Crippen LogP contribution in [0.25, 0.3) is 11.1 Å². The normalized spacial score (nSPS) is 25.3. The van der Waals surface area contributed by atoms with Gasteiger partial charge >= 0.3 is 0 Å². The SMILES string of the molecule is O=[N+]([O-])c1cccc2oc(NC3CCOC3C3CC3)nc12. The van der Waals surface area contributed by atoms with Crippen molar-refractivity contribution in [2.24, 2.45) is 5.92 Å². The second kappa shape index (κ2) is 4.70. The van der Waals surface area contributed by atoms with Gasteiger partial charge < -0.3 is 14.5 Å². The molecule has 110 valence electrons. The highest BCUT2D eigenvalue weighted by molar-refractivity contribution is 5.84. The van der Waals surface area contributed by atoms with Crippen LogP contribution in [-0.2, 0) is 4.74 Å². The van der Waals surface area contributed by atoms with Crippen molar-refractivity contribution in [3.8, 4) is 0 Å². The summed E-state index contributed by atoms with van der Waals surface area (Å²) >= 11 is 0. The van der Waals surface area contributed by atoms with E-state index < -0.39 is 4.92 Å². The van der Waals surface area contributed by atoms with Crippen molar-refractivity contribution in [1.82, 2.24) is 4.98 Å². The lowest BCUT2D eigenvalue weighted by Crippen LogP contribution is -2.31. The molecule has 2 aromatic rings. The lowest BCUT2D eigenvalue weighted by molar-refractivity contribution is -0.383. The molecule has 2 fully saturated rings. The number of benzene rings is 1. The zero-order valence-corrected chi connectivity index (χ0v) is 11.3. The Labute approximate surface area is 120 Å². The summed E-state index contributed by atoms with van der Waals surface area (Å²) in [5.74, 6) is 0.628. The fourth-order valence-electron chi connectivity index (χ4n) is 2.96. The van der Waals surface area contributed by atoms with E-state index in [0.717, 1.165) is 13.0 Å². The van der Waals surface area contributed by atoms with Gasteiger partial charge in [0.05, 0.1) is 17.1 Å². The summed E-state index contributed by atoms with van der Waals surface area (Å²) in [5, 5.41) is 14.2. The molecule has 0 radical (unpaired) electrons. The summed E-state index contributed by atoms with van der Waals surface area (Å²) in [6, 6.07) is 5.22. The zero-order chi connectivity index (χ0) is 14.4. The smallest absolute Gasteiger partial charge is 0.298 e. The highest BCUT2D eigenvalue weighted by Crippen LogP contribution is 2.39. The van der Waals surface area contributed by atoms with E-state index in [-0.39, 0.29) is 23.3 Å². The lowest BCUT2D eigenvalue weighted by Gasteiger charge is -2.17.